The second kappa shape index (κ2) is 10.9. The van der Waals surface area contributed by atoms with E-state index in [-0.39, 0.29) is 34.1 Å². The van der Waals surface area contributed by atoms with E-state index in [1.165, 1.54) is 10.9 Å². The van der Waals surface area contributed by atoms with Crippen molar-refractivity contribution < 1.29 is 44.8 Å². The maximum Gasteiger partial charge on any atom is 0.336 e. The quantitative estimate of drug-likeness (QED) is 0.149. The van der Waals surface area contributed by atoms with Crippen molar-refractivity contribution in [2.24, 2.45) is 0 Å². The van der Waals surface area contributed by atoms with E-state index in [2.05, 4.69) is 34.6 Å². The molecule has 45 heavy (non-hydrogen) atoms. The molecule has 0 radical (unpaired) electrons. The third-order valence-corrected chi connectivity index (χ3v) is 9.83. The molecule has 3 saturated heterocycles. The highest BCUT2D eigenvalue weighted by molar-refractivity contribution is 8.07. The van der Waals surface area contributed by atoms with Crippen LogP contribution in [0.2, 0.25) is 0 Å². The van der Waals surface area contributed by atoms with Crippen LogP contribution in [0.3, 0.4) is 0 Å². The fourth-order valence-corrected chi connectivity index (χ4v) is 7.63. The van der Waals surface area contributed by atoms with E-state index in [1.54, 1.807) is 0 Å². The number of hydrogen-bond acceptors (Lipinski definition) is 16. The van der Waals surface area contributed by atoms with Crippen LogP contribution in [0.25, 0.3) is 22.3 Å². The number of alkyl halides is 2. The number of aromatic amines is 1. The van der Waals surface area contributed by atoms with Crippen molar-refractivity contribution >= 4 is 62.9 Å². The highest BCUT2D eigenvalue weighted by atomic mass is 32.5. The molecule has 0 aliphatic carbocycles. The highest BCUT2D eigenvalue weighted by Crippen LogP contribution is 2.50. The number of nitrogens with one attached hydrogen (secondary N) is 2. The van der Waals surface area contributed by atoms with Crippen LogP contribution < -0.4 is 21.7 Å². The van der Waals surface area contributed by atoms with E-state index in [4.69, 9.17) is 46.0 Å². The molecule has 20 nitrogen and oxygen atoms in total. The van der Waals surface area contributed by atoms with E-state index >= 15 is 8.78 Å². The SMILES string of the molecule is Nc1nc2c(ncn2[C@@H]2O[C@@H]3COP(O)(=S)O[C@H]4[C@@H](F)[C@H](n5cnc6c(N)ncnc65)O[C@@H]4CNS(=O)(=O)O[C@@H]2[C@@H]3F)c(=O)[nH]1. The maximum absolute atomic E-state index is 16.0. The minimum absolute atomic E-state index is 0.0196. The Morgan fingerprint density at radius 2 is 1.71 bits per heavy atom. The lowest BCUT2D eigenvalue weighted by atomic mass is 10.1. The van der Waals surface area contributed by atoms with Gasteiger partial charge in [0, 0.05) is 6.54 Å². The van der Waals surface area contributed by atoms with Gasteiger partial charge in [0.1, 0.15) is 30.2 Å². The first kappa shape index (κ1) is 30.3. The molecule has 25 heteroatoms. The van der Waals surface area contributed by atoms with Crippen LogP contribution >= 0.6 is 6.72 Å². The van der Waals surface area contributed by atoms with Gasteiger partial charge in [-0.2, -0.15) is 18.1 Å². The third-order valence-electron chi connectivity index (χ3n) is 7.27. The lowest BCUT2D eigenvalue weighted by Crippen LogP contribution is -2.43. The van der Waals surface area contributed by atoms with Gasteiger partial charge in [0.05, 0.1) is 19.3 Å². The Balaban J connectivity index is 1.21. The molecule has 0 saturated carbocycles. The molecule has 7 N–H and O–H groups in total. The normalized spacial score (nSPS) is 35.5. The molecule has 1 unspecified atom stereocenters. The Hall–Kier alpha value is -3.32. The molecule has 3 aliphatic heterocycles. The van der Waals surface area contributed by atoms with Gasteiger partial charge in [-0.15, -0.1) is 0 Å². The Labute approximate surface area is 254 Å². The summed E-state index contributed by atoms with van der Waals surface area (Å²) < 4.78 is 89.8. The van der Waals surface area contributed by atoms with Crippen LogP contribution in [-0.4, -0.2) is 102 Å². The number of halogens is 2. The van der Waals surface area contributed by atoms with Gasteiger partial charge in [0.2, 0.25) is 5.95 Å². The number of nitrogens with two attached hydrogens (primary N) is 2. The van der Waals surface area contributed by atoms with Crippen molar-refractivity contribution in [3.05, 3.63) is 29.3 Å². The summed E-state index contributed by atoms with van der Waals surface area (Å²) in [5.74, 6) is -0.280. The number of imidazole rings is 2. The number of rotatable bonds is 2. The van der Waals surface area contributed by atoms with Crippen LogP contribution in [0.5, 0.6) is 0 Å². The predicted molar refractivity (Wildman–Crippen MR) is 149 cm³/mol. The molecule has 3 fully saturated rings. The van der Waals surface area contributed by atoms with E-state index in [1.807, 2.05) is 0 Å². The molecule has 7 rings (SSSR count). The van der Waals surface area contributed by atoms with E-state index in [0.29, 0.717) is 0 Å². The minimum Gasteiger partial charge on any atom is -0.382 e. The Morgan fingerprint density at radius 3 is 2.49 bits per heavy atom. The van der Waals surface area contributed by atoms with Gasteiger partial charge in [-0.25, -0.2) is 32.9 Å². The fourth-order valence-electron chi connectivity index (χ4n) is 5.27. The summed E-state index contributed by atoms with van der Waals surface area (Å²) in [6, 6.07) is 0. The molecule has 0 amide bonds. The first-order valence-corrected chi connectivity index (χ1v) is 16.9. The number of nitrogens with zero attached hydrogens (tertiary/aromatic N) is 7. The summed E-state index contributed by atoms with van der Waals surface area (Å²) in [5.41, 5.74) is 10.6. The van der Waals surface area contributed by atoms with Crippen molar-refractivity contribution in [3.63, 3.8) is 0 Å². The largest absolute Gasteiger partial charge is 0.382 e. The Bertz CT molecular complexity index is 2010. The lowest BCUT2D eigenvalue weighted by molar-refractivity contribution is -0.0472. The smallest absolute Gasteiger partial charge is 0.336 e. The molecule has 0 aromatic carbocycles. The van der Waals surface area contributed by atoms with Crippen LogP contribution in [-0.2, 0) is 44.8 Å². The lowest BCUT2D eigenvalue weighted by Gasteiger charge is -2.26. The average Bonchev–Trinajstić information content (AvgIpc) is 3.72. The number of hydrogen-bond donors (Lipinski definition) is 5. The molecular weight excluding hydrogens is 671 g/mol. The number of fused-ring (bicyclic) bond motifs is 5. The summed E-state index contributed by atoms with van der Waals surface area (Å²) in [5, 5.41) is 0. The van der Waals surface area contributed by atoms with E-state index < -0.39 is 84.9 Å². The minimum atomic E-state index is -4.83. The van der Waals surface area contributed by atoms with Gasteiger partial charge < -0.3 is 30.4 Å². The molecule has 2 bridgehead atoms. The summed E-state index contributed by atoms with van der Waals surface area (Å²) in [6.45, 7) is -5.82. The molecule has 4 aromatic rings. The molecule has 4 aromatic heterocycles. The average molecular weight is 694 g/mol. The fraction of sp³-hybridized carbons (Fsp3) is 0.500. The number of aromatic nitrogens is 8. The summed E-state index contributed by atoms with van der Waals surface area (Å²) in [4.78, 5) is 45.3. The van der Waals surface area contributed by atoms with Gasteiger partial charge in [-0.3, -0.25) is 23.4 Å². The standard InChI is InChI=1S/C20H22F2N11O9PS2/c21-8-7-2-38-43(35,44)41-12-6(39-18(9(12)22)32-4-27-10-14(23)25-3-26-15(10)32)1-29-45(36,37)42-13(8)19(40-7)33-5-28-11-16(33)30-20(24)31-17(11)34/h3-9,12-13,18-19,29H,1-2H2,(H,35,44)(H2,23,25,26)(H3,24,30,31,34)/t6-,7-,8-,9-,12-,13-,18-,19-,43?/m1/s1. The van der Waals surface area contributed by atoms with Crippen LogP contribution in [0, 0.1) is 0 Å². The zero-order valence-corrected chi connectivity index (χ0v) is 24.8. The summed E-state index contributed by atoms with van der Waals surface area (Å²) in [7, 11) is -4.83. The van der Waals surface area contributed by atoms with E-state index in [0.717, 1.165) is 17.2 Å². The number of ether oxygens (including phenoxy) is 2. The second-order valence-corrected chi connectivity index (χ2v) is 14.3. The Kier molecular flexibility index (Phi) is 7.34. The zero-order valence-electron chi connectivity index (χ0n) is 22.3. The van der Waals surface area contributed by atoms with Crippen LogP contribution in [0.15, 0.2) is 23.8 Å². The number of anilines is 2. The van der Waals surface area contributed by atoms with Gasteiger partial charge in [-0.1, -0.05) is 0 Å². The molecule has 0 spiro atoms. The van der Waals surface area contributed by atoms with Gasteiger partial charge in [-0.05, 0) is 11.8 Å². The van der Waals surface area contributed by atoms with Crippen LogP contribution in [0.4, 0.5) is 20.5 Å². The van der Waals surface area contributed by atoms with Crippen molar-refractivity contribution in [2.75, 3.05) is 24.6 Å². The highest BCUT2D eigenvalue weighted by Gasteiger charge is 2.53. The Morgan fingerprint density at radius 1 is 1.00 bits per heavy atom. The summed E-state index contributed by atoms with van der Waals surface area (Å²) in [6.07, 6.45) is -10.6. The van der Waals surface area contributed by atoms with Gasteiger partial charge in [0.25, 0.3) is 5.56 Å². The zero-order chi connectivity index (χ0) is 31.8. The molecule has 7 heterocycles. The third kappa shape index (κ3) is 5.35. The van der Waals surface area contributed by atoms with Crippen molar-refractivity contribution in [3.8, 4) is 0 Å². The molecule has 3 aliphatic rings. The summed E-state index contributed by atoms with van der Waals surface area (Å²) >= 11 is 5.09. The molecular formula is C20H22F2N11O9PS2. The predicted octanol–water partition coefficient (Wildman–Crippen LogP) is -1.55. The first-order chi connectivity index (χ1) is 21.3. The van der Waals surface area contributed by atoms with Crippen molar-refractivity contribution in [1.29, 1.82) is 0 Å². The molecule has 242 valence electrons. The van der Waals surface area contributed by atoms with Crippen molar-refractivity contribution in [1.82, 2.24) is 43.8 Å². The van der Waals surface area contributed by atoms with Gasteiger partial charge >= 0.3 is 17.0 Å². The van der Waals surface area contributed by atoms with Crippen molar-refractivity contribution in [2.45, 2.75) is 49.2 Å². The van der Waals surface area contributed by atoms with E-state index in [9.17, 15) is 18.1 Å². The monoisotopic (exact) mass is 693 g/mol. The topological polar surface area (TPSA) is 272 Å². The van der Waals surface area contributed by atoms with Gasteiger partial charge in [0.15, 0.2) is 53.5 Å². The molecule has 9 atom stereocenters. The van der Waals surface area contributed by atoms with Crippen LogP contribution in [0.1, 0.15) is 12.5 Å². The maximum atomic E-state index is 16.0. The second-order valence-electron chi connectivity index (χ2n) is 10.1. The number of H-pyrrole nitrogens is 1. The number of nitrogen functional groups attached to an aromatic ring is 2. The first-order valence-electron chi connectivity index (χ1n) is 12.9.